The van der Waals surface area contributed by atoms with Gasteiger partial charge in [0.05, 0.1) is 6.04 Å². The number of rotatable bonds is 4. The third-order valence-electron chi connectivity index (χ3n) is 4.62. The maximum atomic E-state index is 12.3. The zero-order valence-corrected chi connectivity index (χ0v) is 13.5. The van der Waals surface area contributed by atoms with Crippen LogP contribution in [0.15, 0.2) is 35.2 Å². The Labute approximate surface area is 131 Å². The van der Waals surface area contributed by atoms with E-state index in [4.69, 9.17) is 0 Å². The lowest BCUT2D eigenvalue weighted by atomic mass is 10.0. The average Bonchev–Trinajstić information content (AvgIpc) is 2.98. The van der Waals surface area contributed by atoms with Gasteiger partial charge >= 0.3 is 0 Å². The average molecular weight is 304 g/mol. The number of thioether (sulfide) groups is 1. The standard InChI is InChI=1S/C17H24N2OS/c1-18-10-5-8-16(17(18)20)19-11-9-14(12-19)13-21-15-6-3-2-4-7-15/h2-4,6-7,14,16H,5,8-13H2,1H3/t14-,16-/m1/s1. The molecule has 114 valence electrons. The third kappa shape index (κ3) is 3.61. The number of carbonyl (C=O) groups is 1. The molecule has 3 rings (SSSR count). The van der Waals surface area contributed by atoms with Crippen LogP contribution in [0, 0.1) is 5.92 Å². The normalized spacial score (nSPS) is 27.3. The van der Waals surface area contributed by atoms with Gasteiger partial charge in [0.25, 0.3) is 0 Å². The predicted octanol–water partition coefficient (Wildman–Crippen LogP) is 2.72. The Morgan fingerprint density at radius 1 is 1.19 bits per heavy atom. The van der Waals surface area contributed by atoms with Crippen LogP contribution in [0.4, 0.5) is 0 Å². The molecule has 0 aromatic heterocycles. The van der Waals surface area contributed by atoms with Crippen molar-refractivity contribution in [2.75, 3.05) is 32.4 Å². The molecular weight excluding hydrogens is 280 g/mol. The Morgan fingerprint density at radius 3 is 2.81 bits per heavy atom. The monoisotopic (exact) mass is 304 g/mol. The van der Waals surface area contributed by atoms with Crippen molar-refractivity contribution in [1.82, 2.24) is 9.80 Å². The molecule has 1 aromatic carbocycles. The summed E-state index contributed by atoms with van der Waals surface area (Å²) in [5, 5.41) is 0. The zero-order chi connectivity index (χ0) is 14.7. The molecule has 1 aromatic rings. The summed E-state index contributed by atoms with van der Waals surface area (Å²) in [6.07, 6.45) is 3.42. The molecule has 0 spiro atoms. The highest BCUT2D eigenvalue weighted by atomic mass is 32.2. The van der Waals surface area contributed by atoms with Crippen LogP contribution in [0.1, 0.15) is 19.3 Å². The van der Waals surface area contributed by atoms with Crippen LogP contribution in [0.5, 0.6) is 0 Å². The first-order valence-corrected chi connectivity index (χ1v) is 8.89. The Hall–Kier alpha value is -1.00. The maximum Gasteiger partial charge on any atom is 0.239 e. The van der Waals surface area contributed by atoms with Gasteiger partial charge in [0.2, 0.25) is 5.91 Å². The zero-order valence-electron chi connectivity index (χ0n) is 12.7. The number of nitrogens with zero attached hydrogens (tertiary/aromatic N) is 2. The highest BCUT2D eigenvalue weighted by Gasteiger charge is 2.35. The van der Waals surface area contributed by atoms with Crippen molar-refractivity contribution in [1.29, 1.82) is 0 Å². The molecule has 2 aliphatic rings. The summed E-state index contributed by atoms with van der Waals surface area (Å²) in [6.45, 7) is 3.10. The molecule has 1 amide bonds. The number of carbonyl (C=O) groups excluding carboxylic acids is 1. The minimum Gasteiger partial charge on any atom is -0.344 e. The van der Waals surface area contributed by atoms with E-state index >= 15 is 0 Å². The van der Waals surface area contributed by atoms with Crippen LogP contribution in [0.25, 0.3) is 0 Å². The number of amides is 1. The van der Waals surface area contributed by atoms with E-state index in [-0.39, 0.29) is 6.04 Å². The highest BCUT2D eigenvalue weighted by Crippen LogP contribution is 2.28. The largest absolute Gasteiger partial charge is 0.344 e. The van der Waals surface area contributed by atoms with Crippen molar-refractivity contribution >= 4 is 17.7 Å². The summed E-state index contributed by atoms with van der Waals surface area (Å²) in [5.41, 5.74) is 0. The van der Waals surface area contributed by atoms with Crippen LogP contribution in [0.2, 0.25) is 0 Å². The molecule has 0 radical (unpaired) electrons. The molecule has 2 fully saturated rings. The Kier molecular flexibility index (Phi) is 4.86. The lowest BCUT2D eigenvalue weighted by Gasteiger charge is -2.34. The fourth-order valence-corrected chi connectivity index (χ4v) is 4.41. The van der Waals surface area contributed by atoms with E-state index in [1.807, 2.05) is 23.7 Å². The Morgan fingerprint density at radius 2 is 2.00 bits per heavy atom. The summed E-state index contributed by atoms with van der Waals surface area (Å²) in [6, 6.07) is 10.8. The summed E-state index contributed by atoms with van der Waals surface area (Å²) < 4.78 is 0. The van der Waals surface area contributed by atoms with Crippen molar-refractivity contribution in [2.45, 2.75) is 30.2 Å². The van der Waals surface area contributed by atoms with E-state index < -0.39 is 0 Å². The van der Waals surface area contributed by atoms with Crippen LogP contribution in [0.3, 0.4) is 0 Å². The van der Waals surface area contributed by atoms with E-state index in [1.165, 1.54) is 11.3 Å². The molecule has 0 N–H and O–H groups in total. The summed E-state index contributed by atoms with van der Waals surface area (Å²) >= 11 is 1.95. The van der Waals surface area contributed by atoms with Gasteiger partial charge in [-0.3, -0.25) is 9.69 Å². The second kappa shape index (κ2) is 6.84. The second-order valence-electron chi connectivity index (χ2n) is 6.19. The van der Waals surface area contributed by atoms with Gasteiger partial charge in [0, 0.05) is 30.8 Å². The Bertz CT molecular complexity index is 479. The SMILES string of the molecule is CN1CCC[C@@H](N2CC[C@@H](CSc3ccccc3)C2)C1=O. The first kappa shape index (κ1) is 14.9. The van der Waals surface area contributed by atoms with Gasteiger partial charge in [-0.1, -0.05) is 18.2 Å². The smallest absolute Gasteiger partial charge is 0.239 e. The first-order chi connectivity index (χ1) is 10.2. The molecule has 0 saturated carbocycles. The fourth-order valence-electron chi connectivity index (χ4n) is 3.36. The van der Waals surface area contributed by atoms with Crippen molar-refractivity contribution in [2.24, 2.45) is 5.92 Å². The maximum absolute atomic E-state index is 12.3. The molecule has 0 aliphatic carbocycles. The molecule has 4 heteroatoms. The first-order valence-electron chi connectivity index (χ1n) is 7.91. The summed E-state index contributed by atoms with van der Waals surface area (Å²) in [7, 11) is 1.94. The predicted molar refractivity (Wildman–Crippen MR) is 87.5 cm³/mol. The quantitative estimate of drug-likeness (QED) is 0.799. The number of hydrogen-bond donors (Lipinski definition) is 0. The molecule has 21 heavy (non-hydrogen) atoms. The van der Waals surface area contributed by atoms with Crippen molar-refractivity contribution < 1.29 is 4.79 Å². The number of likely N-dealkylation sites (tertiary alicyclic amines) is 2. The van der Waals surface area contributed by atoms with Gasteiger partial charge in [0.1, 0.15) is 0 Å². The second-order valence-corrected chi connectivity index (χ2v) is 7.28. The third-order valence-corrected chi connectivity index (χ3v) is 5.86. The minimum absolute atomic E-state index is 0.149. The van der Waals surface area contributed by atoms with Crippen LogP contribution in [-0.4, -0.2) is 54.2 Å². The summed E-state index contributed by atoms with van der Waals surface area (Å²) in [4.78, 5) is 18.0. The highest BCUT2D eigenvalue weighted by molar-refractivity contribution is 7.99. The fraction of sp³-hybridized carbons (Fsp3) is 0.588. The van der Waals surface area contributed by atoms with Crippen LogP contribution in [-0.2, 0) is 4.79 Å². The van der Waals surface area contributed by atoms with E-state index in [2.05, 4.69) is 35.2 Å². The van der Waals surface area contributed by atoms with E-state index in [0.29, 0.717) is 5.91 Å². The molecule has 2 atom stereocenters. The van der Waals surface area contributed by atoms with Gasteiger partial charge in [-0.2, -0.15) is 0 Å². The van der Waals surface area contributed by atoms with E-state index in [0.717, 1.165) is 44.1 Å². The number of hydrogen-bond acceptors (Lipinski definition) is 3. The number of likely N-dealkylation sites (N-methyl/N-ethyl adjacent to an activating group) is 1. The van der Waals surface area contributed by atoms with Crippen LogP contribution >= 0.6 is 11.8 Å². The molecule has 0 unspecified atom stereocenters. The van der Waals surface area contributed by atoms with Crippen molar-refractivity contribution in [3.8, 4) is 0 Å². The van der Waals surface area contributed by atoms with Gasteiger partial charge in [-0.15, -0.1) is 11.8 Å². The van der Waals surface area contributed by atoms with Crippen LogP contribution < -0.4 is 0 Å². The molecule has 3 nitrogen and oxygen atoms in total. The Balaban J connectivity index is 1.50. The van der Waals surface area contributed by atoms with Gasteiger partial charge in [-0.05, 0) is 43.9 Å². The lowest BCUT2D eigenvalue weighted by molar-refractivity contribution is -0.138. The molecule has 2 aliphatic heterocycles. The van der Waals surface area contributed by atoms with Gasteiger partial charge < -0.3 is 4.90 Å². The van der Waals surface area contributed by atoms with Gasteiger partial charge in [0.15, 0.2) is 0 Å². The van der Waals surface area contributed by atoms with Crippen molar-refractivity contribution in [3.63, 3.8) is 0 Å². The van der Waals surface area contributed by atoms with Crippen molar-refractivity contribution in [3.05, 3.63) is 30.3 Å². The molecule has 0 bridgehead atoms. The summed E-state index contributed by atoms with van der Waals surface area (Å²) in [5.74, 6) is 2.21. The molecule has 2 heterocycles. The lowest BCUT2D eigenvalue weighted by Crippen LogP contribution is -2.50. The number of benzene rings is 1. The topological polar surface area (TPSA) is 23.6 Å². The number of piperidine rings is 1. The molecular formula is C17H24N2OS. The van der Waals surface area contributed by atoms with Gasteiger partial charge in [-0.25, -0.2) is 0 Å². The van der Waals surface area contributed by atoms with E-state index in [1.54, 1.807) is 0 Å². The minimum atomic E-state index is 0.149. The van der Waals surface area contributed by atoms with E-state index in [9.17, 15) is 4.79 Å². The molecule has 2 saturated heterocycles.